The molecule has 11 nitrogen and oxygen atoms in total. The number of rotatable bonds is 13. The molecule has 0 saturated carbocycles. The quantitative estimate of drug-likeness (QED) is 0.0626. The Kier molecular flexibility index (Phi) is 26.3. The van der Waals surface area contributed by atoms with Crippen molar-refractivity contribution < 1.29 is 54.8 Å². The first-order valence-electron chi connectivity index (χ1n) is 20.4. The summed E-state index contributed by atoms with van der Waals surface area (Å²) in [5.41, 5.74) is 0.923. The van der Waals surface area contributed by atoms with Gasteiger partial charge in [0.2, 0.25) is 0 Å². The van der Waals surface area contributed by atoms with E-state index in [2.05, 4.69) is 0 Å². The van der Waals surface area contributed by atoms with Crippen LogP contribution in [0, 0.1) is 23.7 Å². The fourth-order valence-corrected chi connectivity index (χ4v) is 6.59. The maximum atomic E-state index is 13.2. The van der Waals surface area contributed by atoms with Crippen molar-refractivity contribution in [3.05, 3.63) is 60.3 Å². The third-order valence-corrected chi connectivity index (χ3v) is 10.8. The highest BCUT2D eigenvalue weighted by molar-refractivity contribution is 5.70. The first-order valence-corrected chi connectivity index (χ1v) is 20.4. The van der Waals surface area contributed by atoms with Gasteiger partial charge in [-0.2, -0.15) is 0 Å². The van der Waals surface area contributed by atoms with E-state index in [1.54, 1.807) is 27.0 Å². The van der Waals surface area contributed by atoms with Gasteiger partial charge in [0.15, 0.2) is 0 Å². The molecule has 55 heavy (non-hydrogen) atoms. The van der Waals surface area contributed by atoms with Gasteiger partial charge in [0.25, 0.3) is 0 Å². The van der Waals surface area contributed by atoms with Crippen molar-refractivity contribution in [1.29, 1.82) is 0 Å². The van der Waals surface area contributed by atoms with Gasteiger partial charge in [-0.05, 0) is 102 Å². The number of aliphatic carboxylic acids is 1. The number of ether oxygens (including phenoxy) is 2. The van der Waals surface area contributed by atoms with Crippen LogP contribution in [0.1, 0.15) is 125 Å². The maximum Gasteiger partial charge on any atom is 0.309 e. The Bertz CT molecular complexity index is 1210. The number of aliphatic hydroxyl groups excluding tert-OH is 6. The van der Waals surface area contributed by atoms with Crippen molar-refractivity contribution in [3.8, 4) is 0 Å². The molecule has 0 spiro atoms. The van der Waals surface area contributed by atoms with E-state index >= 15 is 0 Å². The largest absolute Gasteiger partial charge is 0.481 e. The second-order valence-electron chi connectivity index (χ2n) is 15.9. The number of carbonyl (C=O) groups excluding carboxylic acids is 1. The lowest BCUT2D eigenvalue weighted by atomic mass is 9.88. The highest BCUT2D eigenvalue weighted by Gasteiger charge is 2.32. The molecule has 7 N–H and O–H groups in total. The molecule has 11 heteroatoms. The van der Waals surface area contributed by atoms with Crippen LogP contribution in [0.3, 0.4) is 0 Å². The zero-order valence-electron chi connectivity index (χ0n) is 34.3. The molecule has 0 aliphatic carbocycles. The van der Waals surface area contributed by atoms with Crippen LogP contribution in [-0.2, 0) is 19.1 Å². The zero-order chi connectivity index (χ0) is 41.3. The highest BCUT2D eigenvalue weighted by atomic mass is 16.5. The monoisotopic (exact) mass is 779 g/mol. The molecular weight excluding hydrogens is 704 g/mol. The first-order chi connectivity index (χ1) is 26.0. The van der Waals surface area contributed by atoms with E-state index in [4.69, 9.17) is 14.6 Å². The van der Waals surface area contributed by atoms with Crippen LogP contribution in [-0.4, -0.2) is 104 Å². The molecule has 0 fully saturated rings. The van der Waals surface area contributed by atoms with Crippen LogP contribution in [0.25, 0.3) is 0 Å². The second-order valence-corrected chi connectivity index (χ2v) is 15.9. The molecule has 12 atom stereocenters. The minimum absolute atomic E-state index is 0.0153. The predicted octanol–water partition coefficient (Wildman–Crippen LogP) is 6.35. The summed E-state index contributed by atoms with van der Waals surface area (Å²) in [6, 6.07) is 0. The van der Waals surface area contributed by atoms with Crippen molar-refractivity contribution in [2.24, 2.45) is 23.7 Å². The molecule has 0 bridgehead atoms. The van der Waals surface area contributed by atoms with Crippen molar-refractivity contribution >= 4 is 11.9 Å². The van der Waals surface area contributed by atoms with E-state index in [0.717, 1.165) is 12.0 Å². The Morgan fingerprint density at radius 2 is 1.56 bits per heavy atom. The van der Waals surface area contributed by atoms with Crippen LogP contribution >= 0.6 is 0 Å². The van der Waals surface area contributed by atoms with Crippen molar-refractivity contribution in [3.63, 3.8) is 0 Å². The molecule has 0 aromatic heterocycles. The fraction of sp³-hybridized carbons (Fsp3) is 0.727. The van der Waals surface area contributed by atoms with E-state index < -0.39 is 66.5 Å². The molecule has 1 heterocycles. The summed E-state index contributed by atoms with van der Waals surface area (Å²) in [5.74, 6) is -2.81. The number of methoxy groups -OCH3 is 1. The summed E-state index contributed by atoms with van der Waals surface area (Å²) < 4.78 is 11.5. The van der Waals surface area contributed by atoms with Gasteiger partial charge in [-0.15, -0.1) is 0 Å². The van der Waals surface area contributed by atoms with Gasteiger partial charge in [0.1, 0.15) is 6.10 Å². The summed E-state index contributed by atoms with van der Waals surface area (Å²) >= 11 is 0. The van der Waals surface area contributed by atoms with Gasteiger partial charge in [-0.25, -0.2) is 0 Å². The molecule has 0 amide bonds. The summed E-state index contributed by atoms with van der Waals surface area (Å²) in [6.45, 7) is 9.15. The predicted molar refractivity (Wildman–Crippen MR) is 216 cm³/mol. The number of esters is 1. The van der Waals surface area contributed by atoms with E-state index in [-0.39, 0.29) is 43.6 Å². The maximum absolute atomic E-state index is 13.2. The number of carbonyl (C=O) groups is 2. The van der Waals surface area contributed by atoms with Crippen LogP contribution in [0.4, 0.5) is 0 Å². The molecular formula is C44H74O11. The fourth-order valence-electron chi connectivity index (χ4n) is 6.59. The Morgan fingerprint density at radius 1 is 0.909 bits per heavy atom. The highest BCUT2D eigenvalue weighted by Crippen LogP contribution is 2.25. The number of aliphatic hydroxyl groups is 6. The molecule has 1 rings (SSSR count). The van der Waals surface area contributed by atoms with Gasteiger partial charge in [0.05, 0.1) is 49.1 Å². The van der Waals surface area contributed by atoms with Crippen molar-refractivity contribution in [2.45, 2.75) is 173 Å². The van der Waals surface area contributed by atoms with E-state index in [1.165, 1.54) is 0 Å². The molecule has 0 aromatic rings. The third kappa shape index (κ3) is 23.3. The average molecular weight is 779 g/mol. The van der Waals surface area contributed by atoms with Crippen LogP contribution in [0.15, 0.2) is 60.3 Å². The van der Waals surface area contributed by atoms with Crippen LogP contribution in [0.5, 0.6) is 0 Å². The summed E-state index contributed by atoms with van der Waals surface area (Å²) in [4.78, 5) is 24.0. The van der Waals surface area contributed by atoms with Crippen molar-refractivity contribution in [1.82, 2.24) is 0 Å². The second kappa shape index (κ2) is 28.7. The number of hydrogen-bond donors (Lipinski definition) is 7. The smallest absolute Gasteiger partial charge is 0.309 e. The van der Waals surface area contributed by atoms with E-state index in [1.807, 2.05) is 69.4 Å². The molecule has 0 aromatic carbocycles. The van der Waals surface area contributed by atoms with Gasteiger partial charge in [-0.3, -0.25) is 9.59 Å². The number of carboxylic acids is 1. The molecule has 1 aliphatic rings. The Balaban J connectivity index is 3.02. The van der Waals surface area contributed by atoms with Crippen molar-refractivity contribution in [2.75, 3.05) is 7.11 Å². The number of allylic oxidation sites excluding steroid dienone is 7. The van der Waals surface area contributed by atoms with Gasteiger partial charge in [0, 0.05) is 25.4 Å². The topological polar surface area (TPSA) is 194 Å². The number of hydrogen-bond acceptors (Lipinski definition) is 10. The molecule has 316 valence electrons. The Hall–Kier alpha value is -2.64. The number of cyclic esters (lactones) is 1. The van der Waals surface area contributed by atoms with E-state index in [0.29, 0.717) is 57.8 Å². The van der Waals surface area contributed by atoms with Gasteiger partial charge >= 0.3 is 11.9 Å². The lowest BCUT2D eigenvalue weighted by Gasteiger charge is -2.29. The van der Waals surface area contributed by atoms with Crippen LogP contribution in [0.2, 0.25) is 0 Å². The standard InChI is InChI=1S/C44H74O11/c1-30(17-12-8-7-9-14-19-35(45)25-31(2)23-24-43(51)52)26-42-34(5)39(48)27-36(46)20-16-22-37(54-6)21-15-11-10-13-18-32(3)38(47)28-40(49)33(4)41(50)29-44(53)55-42/h7-11,13-15,26,31-42,45-50H,12,16-25,27-29H2,1-6H3,(H,51,52)/b8-7+,13-10+,14-9+,15-11-,30-26+. The minimum Gasteiger partial charge on any atom is -0.481 e. The SMILES string of the molecule is COC1C/C=C\C=C\CC(C)C(O)CC(O)C(C)C(O)CC(=O)OC(/C=C(\C)CC/C=C/C=C/CC(O)CC(C)CCC(=O)O)C(C)C(O)CC(O)CCC1. The minimum atomic E-state index is -1.22. The first kappa shape index (κ1) is 50.4. The summed E-state index contributed by atoms with van der Waals surface area (Å²) in [5, 5.41) is 73.6. The Morgan fingerprint density at radius 3 is 2.24 bits per heavy atom. The van der Waals surface area contributed by atoms with Gasteiger partial charge < -0.3 is 45.2 Å². The lowest BCUT2D eigenvalue weighted by molar-refractivity contribution is -0.154. The molecule has 0 saturated heterocycles. The summed E-state index contributed by atoms with van der Waals surface area (Å²) in [7, 11) is 1.67. The normalized spacial score (nSPS) is 33.1. The zero-order valence-corrected chi connectivity index (χ0v) is 34.3. The van der Waals surface area contributed by atoms with E-state index in [9.17, 15) is 40.2 Å². The average Bonchev–Trinajstić information content (AvgIpc) is 3.12. The van der Waals surface area contributed by atoms with Gasteiger partial charge in [-0.1, -0.05) is 81.9 Å². The molecule has 0 radical (unpaired) electrons. The molecule has 12 unspecified atom stereocenters. The van der Waals surface area contributed by atoms with Crippen LogP contribution < -0.4 is 0 Å². The third-order valence-electron chi connectivity index (χ3n) is 10.8. The lowest BCUT2D eigenvalue weighted by Crippen LogP contribution is -2.37. The molecule has 1 aliphatic heterocycles. The Labute approximate surface area is 330 Å². The summed E-state index contributed by atoms with van der Waals surface area (Å²) in [6.07, 6.45) is 17.0. The number of carboxylic acid groups (broad SMARTS) is 1.